The van der Waals surface area contributed by atoms with E-state index in [0.717, 1.165) is 21.0 Å². The van der Waals surface area contributed by atoms with Gasteiger partial charge < -0.3 is 10.2 Å². The second-order valence-corrected chi connectivity index (χ2v) is 13.3. The minimum absolute atomic E-state index is 0.0506. The smallest absolute Gasteiger partial charge is 0.264 e. The maximum atomic E-state index is 14.4. The molecule has 0 radical (unpaired) electrons. The molecule has 0 aliphatic heterocycles. The van der Waals surface area contributed by atoms with E-state index in [1.54, 1.807) is 42.5 Å². The molecule has 4 rings (SSSR count). The quantitative estimate of drug-likeness (QED) is 0.197. The number of anilines is 1. The molecule has 4 aromatic rings. The Bertz CT molecular complexity index is 1680. The van der Waals surface area contributed by atoms with E-state index in [1.165, 1.54) is 24.1 Å². The van der Waals surface area contributed by atoms with Gasteiger partial charge in [-0.05, 0) is 65.9 Å². The van der Waals surface area contributed by atoms with Gasteiger partial charge in [0.05, 0.1) is 10.6 Å². The summed E-state index contributed by atoms with van der Waals surface area (Å²) in [6, 6.07) is 29.2. The second-order valence-electron chi connectivity index (χ2n) is 11.0. The molecule has 4 aromatic carbocycles. The summed E-state index contributed by atoms with van der Waals surface area (Å²) in [6.07, 6.45) is 0.237. The molecular formula is C35H38ClN3O4S. The van der Waals surface area contributed by atoms with Gasteiger partial charge in [-0.1, -0.05) is 97.7 Å². The standard InChI is InChI=1S/C35H38ClN3O4S/c1-25(2)29-15-17-31(18-16-29)39(44(42,43)32-19-13-26(3)14-20-32)24-34(40)38(23-28-11-8-12-30(36)21-28)33(35(41)37-4)22-27-9-6-5-7-10-27/h5-21,25,33H,22-24H2,1-4H3,(H,37,41)/t33-/m0/s1. The van der Waals surface area contributed by atoms with E-state index in [9.17, 15) is 18.0 Å². The third-order valence-corrected chi connectivity index (χ3v) is 9.52. The third kappa shape index (κ3) is 8.07. The van der Waals surface area contributed by atoms with E-state index < -0.39 is 28.5 Å². The summed E-state index contributed by atoms with van der Waals surface area (Å²) in [5.41, 5.74) is 3.87. The lowest BCUT2D eigenvalue weighted by atomic mass is 10.0. The molecule has 9 heteroatoms. The second kappa shape index (κ2) is 14.6. The van der Waals surface area contributed by atoms with Gasteiger partial charge in [-0.3, -0.25) is 13.9 Å². The Labute approximate surface area is 265 Å². The van der Waals surface area contributed by atoms with Crippen molar-refractivity contribution in [3.63, 3.8) is 0 Å². The van der Waals surface area contributed by atoms with Crippen molar-refractivity contribution in [2.75, 3.05) is 17.9 Å². The van der Waals surface area contributed by atoms with Gasteiger partial charge in [0.15, 0.2) is 0 Å². The largest absolute Gasteiger partial charge is 0.357 e. The number of carbonyl (C=O) groups excluding carboxylic acids is 2. The van der Waals surface area contributed by atoms with Crippen molar-refractivity contribution in [2.45, 2.75) is 50.6 Å². The maximum Gasteiger partial charge on any atom is 0.264 e. The highest BCUT2D eigenvalue weighted by Crippen LogP contribution is 2.27. The Morgan fingerprint density at radius 2 is 1.48 bits per heavy atom. The molecule has 0 aromatic heterocycles. The van der Waals surface area contributed by atoms with Gasteiger partial charge in [0.25, 0.3) is 10.0 Å². The molecule has 230 valence electrons. The van der Waals surface area contributed by atoms with E-state index >= 15 is 0 Å². The fourth-order valence-corrected chi connectivity index (χ4v) is 6.57. The summed E-state index contributed by atoms with van der Waals surface area (Å²) in [7, 11) is -2.64. The Morgan fingerprint density at radius 3 is 2.07 bits per heavy atom. The van der Waals surface area contributed by atoms with Crippen LogP contribution in [0.1, 0.15) is 42.0 Å². The average Bonchev–Trinajstić information content (AvgIpc) is 3.01. The van der Waals surface area contributed by atoms with E-state index in [0.29, 0.717) is 16.3 Å². The number of likely N-dealkylation sites (N-methyl/N-ethyl adjacent to an activating group) is 1. The summed E-state index contributed by atoms with van der Waals surface area (Å²) in [4.78, 5) is 29.3. The summed E-state index contributed by atoms with van der Waals surface area (Å²) in [5, 5.41) is 3.18. The molecule has 2 amide bonds. The van der Waals surface area contributed by atoms with Gasteiger partial charge in [-0.25, -0.2) is 8.42 Å². The molecule has 7 nitrogen and oxygen atoms in total. The molecule has 0 spiro atoms. The van der Waals surface area contributed by atoms with Crippen molar-refractivity contribution in [3.8, 4) is 0 Å². The number of rotatable bonds is 12. The number of carbonyl (C=O) groups is 2. The van der Waals surface area contributed by atoms with E-state index in [-0.39, 0.29) is 29.7 Å². The van der Waals surface area contributed by atoms with Crippen molar-refractivity contribution in [1.82, 2.24) is 10.2 Å². The van der Waals surface area contributed by atoms with E-state index in [1.807, 2.05) is 55.5 Å². The van der Waals surface area contributed by atoms with Crippen LogP contribution in [0.3, 0.4) is 0 Å². The normalized spacial score (nSPS) is 12.0. The highest BCUT2D eigenvalue weighted by molar-refractivity contribution is 7.92. The van der Waals surface area contributed by atoms with E-state index in [2.05, 4.69) is 19.2 Å². The Morgan fingerprint density at radius 1 is 0.841 bits per heavy atom. The first-order valence-electron chi connectivity index (χ1n) is 14.5. The highest BCUT2D eigenvalue weighted by atomic mass is 35.5. The van der Waals surface area contributed by atoms with Crippen LogP contribution in [0.15, 0.2) is 108 Å². The maximum absolute atomic E-state index is 14.4. The van der Waals surface area contributed by atoms with Crippen LogP contribution in [0.25, 0.3) is 0 Å². The van der Waals surface area contributed by atoms with Gasteiger partial charge in [-0.2, -0.15) is 0 Å². The topological polar surface area (TPSA) is 86.8 Å². The summed E-state index contributed by atoms with van der Waals surface area (Å²) in [5.74, 6) is -0.649. The van der Waals surface area contributed by atoms with Crippen molar-refractivity contribution in [1.29, 1.82) is 0 Å². The zero-order valence-corrected chi connectivity index (χ0v) is 27.0. The lowest BCUT2D eigenvalue weighted by Gasteiger charge is -2.33. The average molecular weight is 632 g/mol. The minimum atomic E-state index is -4.16. The number of benzene rings is 4. The molecule has 1 atom stereocenters. The summed E-state index contributed by atoms with van der Waals surface area (Å²) < 4.78 is 29.4. The molecule has 0 unspecified atom stereocenters. The zero-order valence-electron chi connectivity index (χ0n) is 25.4. The monoisotopic (exact) mass is 631 g/mol. The number of nitrogens with one attached hydrogen (secondary N) is 1. The van der Waals surface area contributed by atoms with Crippen molar-refractivity contribution in [2.24, 2.45) is 0 Å². The van der Waals surface area contributed by atoms with Crippen LogP contribution in [0.2, 0.25) is 5.02 Å². The Hall–Kier alpha value is -4.14. The predicted octanol–water partition coefficient (Wildman–Crippen LogP) is 6.35. The number of amides is 2. The van der Waals surface area contributed by atoms with Crippen LogP contribution in [0.5, 0.6) is 0 Å². The van der Waals surface area contributed by atoms with Crippen molar-refractivity contribution in [3.05, 3.63) is 130 Å². The molecule has 1 N–H and O–H groups in total. The van der Waals surface area contributed by atoms with Crippen molar-refractivity contribution < 1.29 is 18.0 Å². The number of hydrogen-bond acceptors (Lipinski definition) is 4. The summed E-state index contributed by atoms with van der Waals surface area (Å²) >= 11 is 6.27. The van der Waals surface area contributed by atoms with Crippen molar-refractivity contribution >= 4 is 39.1 Å². The van der Waals surface area contributed by atoms with Crippen LogP contribution >= 0.6 is 11.6 Å². The molecule has 0 saturated carbocycles. The fourth-order valence-electron chi connectivity index (χ4n) is 4.94. The van der Waals surface area contributed by atoms with Gasteiger partial charge >= 0.3 is 0 Å². The number of aryl methyl sites for hydroxylation is 1. The fraction of sp³-hybridized carbons (Fsp3) is 0.257. The summed E-state index contributed by atoms with van der Waals surface area (Å²) in [6.45, 7) is 5.52. The first-order valence-corrected chi connectivity index (χ1v) is 16.3. The molecule has 0 saturated heterocycles. The third-order valence-electron chi connectivity index (χ3n) is 7.50. The lowest BCUT2D eigenvalue weighted by molar-refractivity contribution is -0.139. The first kappa shape index (κ1) is 32.8. The molecule has 44 heavy (non-hydrogen) atoms. The first-order chi connectivity index (χ1) is 21.0. The molecule has 0 bridgehead atoms. The van der Waals surface area contributed by atoms with Gasteiger partial charge in [0, 0.05) is 25.0 Å². The predicted molar refractivity (Wildman–Crippen MR) is 176 cm³/mol. The van der Waals surface area contributed by atoms with Gasteiger partial charge in [0.2, 0.25) is 11.8 Å². The highest BCUT2D eigenvalue weighted by Gasteiger charge is 2.34. The molecule has 0 aliphatic rings. The minimum Gasteiger partial charge on any atom is -0.357 e. The van der Waals surface area contributed by atoms with Crippen LogP contribution in [-0.4, -0.2) is 44.8 Å². The van der Waals surface area contributed by atoms with Gasteiger partial charge in [0.1, 0.15) is 12.6 Å². The Kier molecular flexibility index (Phi) is 10.8. The molecule has 0 heterocycles. The number of sulfonamides is 1. The molecular weight excluding hydrogens is 594 g/mol. The van der Waals surface area contributed by atoms with E-state index in [4.69, 9.17) is 11.6 Å². The van der Waals surface area contributed by atoms with Crippen LogP contribution in [0.4, 0.5) is 5.69 Å². The van der Waals surface area contributed by atoms with Crippen LogP contribution < -0.4 is 9.62 Å². The Balaban J connectivity index is 1.79. The zero-order chi connectivity index (χ0) is 31.9. The SMILES string of the molecule is CNC(=O)[C@H](Cc1ccccc1)N(Cc1cccc(Cl)c1)C(=O)CN(c1ccc(C(C)C)cc1)S(=O)(=O)c1ccc(C)cc1. The molecule has 0 aliphatic carbocycles. The molecule has 0 fully saturated rings. The van der Waals surface area contributed by atoms with Crippen LogP contribution in [0, 0.1) is 6.92 Å². The van der Waals surface area contributed by atoms with Crippen LogP contribution in [-0.2, 0) is 32.6 Å². The lowest BCUT2D eigenvalue weighted by Crippen LogP contribution is -2.53. The number of hydrogen-bond donors (Lipinski definition) is 1. The number of nitrogens with zero attached hydrogens (tertiary/aromatic N) is 2. The number of halogens is 1. The van der Waals surface area contributed by atoms with Gasteiger partial charge in [-0.15, -0.1) is 0 Å².